The maximum atomic E-state index is 11.5. The topological polar surface area (TPSA) is 53.4 Å². The summed E-state index contributed by atoms with van der Waals surface area (Å²) in [6, 6.07) is 9.12. The fourth-order valence-corrected chi connectivity index (χ4v) is 3.01. The molecular weight excluding hydrogens is 252 g/mol. The first-order valence-electron chi connectivity index (χ1n) is 6.90. The average molecular weight is 270 g/mol. The molecule has 1 aromatic carbocycles. The van der Waals surface area contributed by atoms with Crippen molar-refractivity contribution in [2.75, 3.05) is 11.4 Å². The van der Waals surface area contributed by atoms with E-state index in [0.717, 1.165) is 30.7 Å². The van der Waals surface area contributed by atoms with Gasteiger partial charge in [-0.1, -0.05) is 18.2 Å². The number of aromatic carboxylic acids is 1. The van der Waals surface area contributed by atoms with Gasteiger partial charge in [-0.3, -0.25) is 0 Å². The van der Waals surface area contributed by atoms with Crippen LogP contribution in [0.15, 0.2) is 30.3 Å². The number of pyridine rings is 1. The quantitative estimate of drug-likeness (QED) is 0.909. The number of aromatic nitrogens is 1. The first kappa shape index (κ1) is 12.9. The molecule has 104 valence electrons. The third kappa shape index (κ3) is 2.01. The van der Waals surface area contributed by atoms with Gasteiger partial charge in [0.25, 0.3) is 0 Å². The maximum absolute atomic E-state index is 11.5. The lowest BCUT2D eigenvalue weighted by Gasteiger charge is -2.33. The molecule has 0 saturated carbocycles. The molecule has 1 N–H and O–H groups in total. The Balaban J connectivity index is 2.20. The molecule has 1 saturated heterocycles. The number of carbonyl (C=O) groups is 1. The van der Waals surface area contributed by atoms with E-state index >= 15 is 0 Å². The van der Waals surface area contributed by atoms with Crippen LogP contribution in [0.4, 0.5) is 5.82 Å². The Kier molecular flexibility index (Phi) is 2.89. The van der Waals surface area contributed by atoms with Crippen LogP contribution < -0.4 is 4.90 Å². The number of carboxylic acid groups (broad SMARTS) is 1. The van der Waals surface area contributed by atoms with E-state index in [1.54, 1.807) is 6.07 Å². The van der Waals surface area contributed by atoms with Gasteiger partial charge in [-0.2, -0.15) is 0 Å². The van der Waals surface area contributed by atoms with E-state index in [9.17, 15) is 9.90 Å². The van der Waals surface area contributed by atoms with Crippen molar-refractivity contribution in [2.45, 2.75) is 32.2 Å². The van der Waals surface area contributed by atoms with Crippen molar-refractivity contribution in [2.24, 2.45) is 0 Å². The van der Waals surface area contributed by atoms with Gasteiger partial charge < -0.3 is 10.0 Å². The van der Waals surface area contributed by atoms with Gasteiger partial charge in [0, 0.05) is 17.5 Å². The second-order valence-electron chi connectivity index (χ2n) is 5.92. The first-order chi connectivity index (χ1) is 9.49. The van der Waals surface area contributed by atoms with Gasteiger partial charge in [0.2, 0.25) is 0 Å². The molecule has 0 amide bonds. The van der Waals surface area contributed by atoms with Crippen LogP contribution in [0.1, 0.15) is 37.0 Å². The highest BCUT2D eigenvalue weighted by Gasteiger charge is 2.33. The van der Waals surface area contributed by atoms with Crippen LogP contribution in [-0.4, -0.2) is 28.1 Å². The Labute approximate surface area is 118 Å². The van der Waals surface area contributed by atoms with Crippen LogP contribution >= 0.6 is 0 Å². The van der Waals surface area contributed by atoms with Crippen LogP contribution in [0.25, 0.3) is 10.9 Å². The van der Waals surface area contributed by atoms with Crippen molar-refractivity contribution in [3.63, 3.8) is 0 Å². The molecule has 2 heterocycles. The number of anilines is 1. The molecule has 0 unspecified atom stereocenters. The highest BCUT2D eigenvalue weighted by atomic mass is 16.4. The van der Waals surface area contributed by atoms with Gasteiger partial charge in [-0.25, -0.2) is 9.78 Å². The third-order valence-electron chi connectivity index (χ3n) is 4.11. The number of para-hydroxylation sites is 1. The predicted molar refractivity (Wildman–Crippen MR) is 79.4 cm³/mol. The van der Waals surface area contributed by atoms with E-state index in [1.165, 1.54) is 0 Å². The van der Waals surface area contributed by atoms with Crippen molar-refractivity contribution < 1.29 is 9.90 Å². The summed E-state index contributed by atoms with van der Waals surface area (Å²) in [5.74, 6) is -0.134. The van der Waals surface area contributed by atoms with Crippen LogP contribution in [0.5, 0.6) is 0 Å². The summed E-state index contributed by atoms with van der Waals surface area (Å²) in [6.45, 7) is 5.28. The largest absolute Gasteiger partial charge is 0.478 e. The smallest absolute Gasteiger partial charge is 0.336 e. The fourth-order valence-electron chi connectivity index (χ4n) is 3.01. The fraction of sp³-hybridized carbons (Fsp3) is 0.375. The van der Waals surface area contributed by atoms with Crippen LogP contribution in [-0.2, 0) is 0 Å². The van der Waals surface area contributed by atoms with E-state index in [2.05, 4.69) is 23.7 Å². The summed E-state index contributed by atoms with van der Waals surface area (Å²) >= 11 is 0. The molecule has 1 aromatic heterocycles. The molecule has 0 bridgehead atoms. The second-order valence-corrected chi connectivity index (χ2v) is 5.92. The molecule has 1 aliphatic rings. The zero-order valence-electron chi connectivity index (χ0n) is 11.8. The van der Waals surface area contributed by atoms with E-state index in [0.29, 0.717) is 10.9 Å². The van der Waals surface area contributed by atoms with Gasteiger partial charge >= 0.3 is 5.97 Å². The van der Waals surface area contributed by atoms with E-state index < -0.39 is 5.97 Å². The molecule has 0 aliphatic carbocycles. The van der Waals surface area contributed by atoms with Crippen molar-refractivity contribution in [1.29, 1.82) is 0 Å². The van der Waals surface area contributed by atoms with Gasteiger partial charge in [0.05, 0.1) is 11.1 Å². The van der Waals surface area contributed by atoms with Gasteiger partial charge in [-0.15, -0.1) is 0 Å². The van der Waals surface area contributed by atoms with Gasteiger partial charge in [-0.05, 0) is 38.8 Å². The van der Waals surface area contributed by atoms with Crippen molar-refractivity contribution in [3.05, 3.63) is 35.9 Å². The number of rotatable bonds is 2. The van der Waals surface area contributed by atoms with Crippen molar-refractivity contribution in [3.8, 4) is 0 Å². The molecule has 20 heavy (non-hydrogen) atoms. The molecule has 1 aliphatic heterocycles. The minimum atomic E-state index is -0.901. The van der Waals surface area contributed by atoms with Crippen LogP contribution in [0.3, 0.4) is 0 Å². The normalized spacial score (nSPS) is 17.6. The van der Waals surface area contributed by atoms with Gasteiger partial charge in [0.15, 0.2) is 0 Å². The predicted octanol–water partition coefficient (Wildman–Crippen LogP) is 3.31. The summed E-state index contributed by atoms with van der Waals surface area (Å²) in [5.41, 5.74) is 1.10. The van der Waals surface area contributed by atoms with Crippen LogP contribution in [0.2, 0.25) is 0 Å². The van der Waals surface area contributed by atoms with E-state index in [4.69, 9.17) is 0 Å². The maximum Gasteiger partial charge on any atom is 0.336 e. The average Bonchev–Trinajstić information content (AvgIpc) is 2.77. The molecular formula is C16H18N2O2. The molecule has 4 nitrogen and oxygen atoms in total. The first-order valence-corrected chi connectivity index (χ1v) is 6.90. The van der Waals surface area contributed by atoms with Crippen molar-refractivity contribution >= 4 is 22.7 Å². The lowest BCUT2D eigenvalue weighted by Crippen LogP contribution is -2.38. The SMILES string of the molecule is CC1(C)CCCN1c1cc(C(=O)O)c2ccccc2n1. The molecule has 0 atom stereocenters. The summed E-state index contributed by atoms with van der Waals surface area (Å²) in [4.78, 5) is 18.4. The third-order valence-corrected chi connectivity index (χ3v) is 4.11. The number of hydrogen-bond donors (Lipinski definition) is 1. The second kappa shape index (κ2) is 4.47. The molecule has 3 rings (SSSR count). The highest BCUT2D eigenvalue weighted by molar-refractivity contribution is 6.03. The molecule has 0 spiro atoms. The summed E-state index contributed by atoms with van der Waals surface area (Å²) in [7, 11) is 0. The Morgan fingerprint density at radius 3 is 2.75 bits per heavy atom. The van der Waals surface area contributed by atoms with E-state index in [-0.39, 0.29) is 5.54 Å². The van der Waals surface area contributed by atoms with Gasteiger partial charge in [0.1, 0.15) is 5.82 Å². The number of fused-ring (bicyclic) bond motifs is 1. The minimum absolute atomic E-state index is 0.0330. The molecule has 1 fully saturated rings. The van der Waals surface area contributed by atoms with Crippen LogP contribution in [0, 0.1) is 0 Å². The zero-order chi connectivity index (χ0) is 14.3. The molecule has 2 aromatic rings. The Bertz CT molecular complexity index is 679. The lowest BCUT2D eigenvalue weighted by molar-refractivity contribution is 0.0699. The monoisotopic (exact) mass is 270 g/mol. The number of carboxylic acids is 1. The summed E-state index contributed by atoms with van der Waals surface area (Å²) in [6.07, 6.45) is 2.22. The standard InChI is InChI=1S/C16H18N2O2/c1-16(2)8-5-9-18(16)14-10-12(15(19)20)11-6-3-4-7-13(11)17-14/h3-4,6-7,10H,5,8-9H2,1-2H3,(H,19,20). The van der Waals surface area contributed by atoms with Crippen molar-refractivity contribution in [1.82, 2.24) is 4.98 Å². The number of nitrogens with zero attached hydrogens (tertiary/aromatic N) is 2. The Hall–Kier alpha value is -2.10. The summed E-state index contributed by atoms with van der Waals surface area (Å²) in [5, 5.41) is 10.1. The molecule has 0 radical (unpaired) electrons. The highest BCUT2D eigenvalue weighted by Crippen LogP contribution is 2.34. The lowest BCUT2D eigenvalue weighted by atomic mass is 10.0. The number of hydrogen-bond acceptors (Lipinski definition) is 3. The summed E-state index contributed by atoms with van der Waals surface area (Å²) < 4.78 is 0. The molecule has 4 heteroatoms. The minimum Gasteiger partial charge on any atom is -0.478 e. The number of benzene rings is 1. The Morgan fingerprint density at radius 2 is 2.10 bits per heavy atom. The zero-order valence-corrected chi connectivity index (χ0v) is 11.8. The Morgan fingerprint density at radius 1 is 1.35 bits per heavy atom. The van der Waals surface area contributed by atoms with E-state index in [1.807, 2.05) is 24.3 Å².